The number of nitrogens with zero attached hydrogens (tertiary/aromatic N) is 1. The van der Waals surface area contributed by atoms with Crippen molar-refractivity contribution >= 4 is 21.8 Å². The van der Waals surface area contributed by atoms with Crippen LogP contribution in [0, 0.1) is 12.8 Å². The van der Waals surface area contributed by atoms with Crippen LogP contribution >= 0.6 is 15.9 Å². The van der Waals surface area contributed by atoms with Gasteiger partial charge in [0.1, 0.15) is 0 Å². The summed E-state index contributed by atoms with van der Waals surface area (Å²) in [4.78, 5) is 14.5. The Kier molecular flexibility index (Phi) is 4.44. The molecule has 98 valence electrons. The van der Waals surface area contributed by atoms with Gasteiger partial charge in [0.2, 0.25) is 0 Å². The fourth-order valence-corrected chi connectivity index (χ4v) is 2.97. The number of likely N-dealkylation sites (tertiary alicyclic amines) is 1. The maximum absolute atomic E-state index is 12.5. The monoisotopic (exact) mass is 309 g/mol. The van der Waals surface area contributed by atoms with Gasteiger partial charge in [-0.2, -0.15) is 0 Å². The van der Waals surface area contributed by atoms with Gasteiger partial charge in [-0.05, 0) is 53.7 Å². The van der Waals surface area contributed by atoms with Gasteiger partial charge in [0.15, 0.2) is 0 Å². The number of benzene rings is 1. The average Bonchev–Trinajstić information content (AvgIpc) is 2.41. The van der Waals surface area contributed by atoms with E-state index in [0.717, 1.165) is 35.1 Å². The number of hydrogen-bond donors (Lipinski definition) is 0. The van der Waals surface area contributed by atoms with E-state index in [-0.39, 0.29) is 5.91 Å². The normalized spacial score (nSPS) is 19.9. The van der Waals surface area contributed by atoms with Crippen LogP contribution in [0.1, 0.15) is 42.1 Å². The zero-order valence-electron chi connectivity index (χ0n) is 11.1. The second kappa shape index (κ2) is 5.87. The fourth-order valence-electron chi connectivity index (χ4n) is 2.56. The summed E-state index contributed by atoms with van der Waals surface area (Å²) in [5, 5.41) is 0. The van der Waals surface area contributed by atoms with E-state index in [0.29, 0.717) is 5.92 Å². The molecule has 18 heavy (non-hydrogen) atoms. The molecule has 0 radical (unpaired) electrons. The van der Waals surface area contributed by atoms with Gasteiger partial charge in [0, 0.05) is 17.6 Å². The lowest BCUT2D eigenvalue weighted by Gasteiger charge is -2.32. The Hall–Kier alpha value is -0.830. The van der Waals surface area contributed by atoms with E-state index in [4.69, 9.17) is 0 Å². The third kappa shape index (κ3) is 2.94. The van der Waals surface area contributed by atoms with Crippen molar-refractivity contribution in [3.8, 4) is 0 Å². The molecule has 3 heteroatoms. The van der Waals surface area contributed by atoms with Gasteiger partial charge in [-0.3, -0.25) is 4.79 Å². The molecule has 1 atom stereocenters. The van der Waals surface area contributed by atoms with Gasteiger partial charge in [0.25, 0.3) is 5.91 Å². The molecule has 1 aliphatic heterocycles. The highest BCUT2D eigenvalue weighted by molar-refractivity contribution is 9.10. The first-order valence-corrected chi connectivity index (χ1v) is 7.46. The summed E-state index contributed by atoms with van der Waals surface area (Å²) in [6.45, 7) is 6.04. The Morgan fingerprint density at radius 2 is 2.28 bits per heavy atom. The number of carbonyl (C=O) groups is 1. The van der Waals surface area contributed by atoms with E-state index in [2.05, 4.69) is 22.9 Å². The molecule has 1 heterocycles. The first kappa shape index (κ1) is 13.6. The number of amides is 1. The minimum atomic E-state index is 0.170. The topological polar surface area (TPSA) is 20.3 Å². The molecule has 0 aromatic heterocycles. The number of piperidine rings is 1. The van der Waals surface area contributed by atoms with Crippen molar-refractivity contribution in [2.24, 2.45) is 5.92 Å². The molecular formula is C15H20BrNO. The minimum absolute atomic E-state index is 0.170. The fraction of sp³-hybridized carbons (Fsp3) is 0.533. The Labute approximate surface area is 117 Å². The third-order valence-corrected chi connectivity index (χ3v) is 4.43. The molecule has 1 amide bonds. The van der Waals surface area contributed by atoms with Crippen LogP contribution in [0.2, 0.25) is 0 Å². The number of rotatable bonds is 2. The molecule has 1 aliphatic rings. The molecule has 0 N–H and O–H groups in total. The van der Waals surface area contributed by atoms with E-state index in [9.17, 15) is 4.79 Å². The van der Waals surface area contributed by atoms with Crippen molar-refractivity contribution < 1.29 is 4.79 Å². The Morgan fingerprint density at radius 1 is 1.50 bits per heavy atom. The van der Waals surface area contributed by atoms with Gasteiger partial charge in [-0.15, -0.1) is 0 Å². The summed E-state index contributed by atoms with van der Waals surface area (Å²) in [6.07, 6.45) is 3.56. The van der Waals surface area contributed by atoms with Crippen LogP contribution in [0.5, 0.6) is 0 Å². The first-order valence-electron chi connectivity index (χ1n) is 6.67. The van der Waals surface area contributed by atoms with Crippen LogP contribution in [0.15, 0.2) is 22.7 Å². The highest BCUT2D eigenvalue weighted by Gasteiger charge is 2.24. The van der Waals surface area contributed by atoms with Crippen LogP contribution in [0.4, 0.5) is 0 Å². The largest absolute Gasteiger partial charge is 0.338 e. The van der Waals surface area contributed by atoms with Gasteiger partial charge in [-0.25, -0.2) is 0 Å². The molecule has 0 aliphatic carbocycles. The molecule has 1 fully saturated rings. The van der Waals surface area contributed by atoms with Crippen LogP contribution in [-0.4, -0.2) is 23.9 Å². The van der Waals surface area contributed by atoms with Crippen molar-refractivity contribution in [3.05, 3.63) is 33.8 Å². The van der Waals surface area contributed by atoms with E-state index in [1.54, 1.807) is 0 Å². The van der Waals surface area contributed by atoms with E-state index >= 15 is 0 Å². The van der Waals surface area contributed by atoms with Crippen LogP contribution in [0.3, 0.4) is 0 Å². The highest BCUT2D eigenvalue weighted by Crippen LogP contribution is 2.24. The summed E-state index contributed by atoms with van der Waals surface area (Å²) in [7, 11) is 0. The molecule has 0 bridgehead atoms. The Morgan fingerprint density at radius 3 is 3.00 bits per heavy atom. The van der Waals surface area contributed by atoms with E-state index in [1.165, 1.54) is 12.8 Å². The second-order valence-corrected chi connectivity index (χ2v) is 6.01. The predicted molar refractivity (Wildman–Crippen MR) is 77.8 cm³/mol. The van der Waals surface area contributed by atoms with Gasteiger partial charge in [-0.1, -0.05) is 25.0 Å². The lowest BCUT2D eigenvalue weighted by atomic mass is 9.95. The standard InChI is InChI=1S/C15H20BrNO/c1-3-12-5-4-8-17(10-12)15(18)13-9-11(2)6-7-14(13)16/h6-7,9,12H,3-5,8,10H2,1-2H3. The summed E-state index contributed by atoms with van der Waals surface area (Å²) in [5.74, 6) is 0.843. The molecule has 0 saturated carbocycles. The van der Waals surface area contributed by atoms with Crippen LogP contribution in [0.25, 0.3) is 0 Å². The minimum Gasteiger partial charge on any atom is -0.338 e. The van der Waals surface area contributed by atoms with Gasteiger partial charge in [0.05, 0.1) is 5.56 Å². The maximum Gasteiger partial charge on any atom is 0.255 e. The smallest absolute Gasteiger partial charge is 0.255 e. The summed E-state index contributed by atoms with van der Waals surface area (Å²) in [5.41, 5.74) is 1.93. The van der Waals surface area contributed by atoms with E-state index < -0.39 is 0 Å². The lowest BCUT2D eigenvalue weighted by Crippen LogP contribution is -2.39. The number of halogens is 1. The molecular weight excluding hydrogens is 290 g/mol. The van der Waals surface area contributed by atoms with Gasteiger partial charge < -0.3 is 4.90 Å². The highest BCUT2D eigenvalue weighted by atomic mass is 79.9. The van der Waals surface area contributed by atoms with Crippen molar-refractivity contribution in [3.63, 3.8) is 0 Å². The lowest BCUT2D eigenvalue weighted by molar-refractivity contribution is 0.0670. The first-order chi connectivity index (χ1) is 8.61. The maximum atomic E-state index is 12.5. The molecule has 2 rings (SSSR count). The van der Waals surface area contributed by atoms with Gasteiger partial charge >= 0.3 is 0 Å². The van der Waals surface area contributed by atoms with Crippen molar-refractivity contribution in [2.45, 2.75) is 33.1 Å². The molecule has 1 aromatic rings. The molecule has 1 saturated heterocycles. The Balaban J connectivity index is 2.17. The molecule has 1 aromatic carbocycles. The van der Waals surface area contributed by atoms with E-state index in [1.807, 2.05) is 30.0 Å². The second-order valence-electron chi connectivity index (χ2n) is 5.15. The van der Waals surface area contributed by atoms with Crippen LogP contribution in [-0.2, 0) is 0 Å². The number of carbonyl (C=O) groups excluding carboxylic acids is 1. The van der Waals surface area contributed by atoms with Crippen molar-refractivity contribution in [2.75, 3.05) is 13.1 Å². The quantitative estimate of drug-likeness (QED) is 0.808. The molecule has 0 spiro atoms. The van der Waals surface area contributed by atoms with Crippen molar-refractivity contribution in [1.29, 1.82) is 0 Å². The summed E-state index contributed by atoms with van der Waals surface area (Å²) < 4.78 is 0.900. The SMILES string of the molecule is CCC1CCCN(C(=O)c2cc(C)ccc2Br)C1. The third-order valence-electron chi connectivity index (χ3n) is 3.74. The Bertz CT molecular complexity index is 444. The molecule has 2 nitrogen and oxygen atoms in total. The van der Waals surface area contributed by atoms with Crippen molar-refractivity contribution in [1.82, 2.24) is 4.90 Å². The zero-order chi connectivity index (χ0) is 13.1. The summed E-state index contributed by atoms with van der Waals surface area (Å²) in [6, 6.07) is 5.96. The average molecular weight is 310 g/mol. The predicted octanol–water partition coefficient (Wildman–Crippen LogP) is 4.02. The number of hydrogen-bond acceptors (Lipinski definition) is 1. The summed E-state index contributed by atoms with van der Waals surface area (Å²) >= 11 is 3.48. The van der Waals surface area contributed by atoms with Crippen LogP contribution < -0.4 is 0 Å². The zero-order valence-corrected chi connectivity index (χ0v) is 12.7. The number of aryl methyl sites for hydroxylation is 1. The molecule has 1 unspecified atom stereocenters.